The Kier molecular flexibility index (Phi) is 4.78. The molecule has 2 aromatic rings. The van der Waals surface area contributed by atoms with Gasteiger partial charge < -0.3 is 4.90 Å². The highest BCUT2D eigenvalue weighted by molar-refractivity contribution is 5.95. The highest BCUT2D eigenvalue weighted by Crippen LogP contribution is 2.32. The van der Waals surface area contributed by atoms with Crippen LogP contribution in [0.5, 0.6) is 0 Å². The third-order valence-corrected chi connectivity index (χ3v) is 4.84. The van der Waals surface area contributed by atoms with Gasteiger partial charge in [-0.3, -0.25) is 4.79 Å². The molecule has 3 rings (SSSR count). The molecule has 0 unspecified atom stereocenters. The van der Waals surface area contributed by atoms with Gasteiger partial charge in [0.15, 0.2) is 5.82 Å². The van der Waals surface area contributed by atoms with Crippen LogP contribution in [0.2, 0.25) is 0 Å². The lowest BCUT2D eigenvalue weighted by Crippen LogP contribution is -2.31. The summed E-state index contributed by atoms with van der Waals surface area (Å²) in [7, 11) is 0. The molecule has 2 aromatic heterocycles. The zero-order valence-electron chi connectivity index (χ0n) is 15.8. The number of hydrogen-bond donors (Lipinski definition) is 0. The summed E-state index contributed by atoms with van der Waals surface area (Å²) >= 11 is 0. The van der Waals surface area contributed by atoms with E-state index in [0.717, 1.165) is 18.7 Å². The molecule has 146 valence electrons. The molecule has 1 saturated heterocycles. The molecule has 0 aliphatic carbocycles. The predicted molar refractivity (Wildman–Crippen MR) is 94.8 cm³/mol. The molecule has 1 aliphatic heterocycles. The summed E-state index contributed by atoms with van der Waals surface area (Å²) < 4.78 is 39.7. The second-order valence-electron chi connectivity index (χ2n) is 8.05. The van der Waals surface area contributed by atoms with Gasteiger partial charge in [0.2, 0.25) is 0 Å². The maximum Gasteiger partial charge on any atom is 0.417 e. The quantitative estimate of drug-likeness (QED) is 0.799. The van der Waals surface area contributed by atoms with Crippen LogP contribution in [0.15, 0.2) is 24.5 Å². The molecule has 0 N–H and O–H groups in total. The standard InChI is InChI=1S/C19H23F3N4O/c1-12(2)16-14(17(27)25-8-7-18(3,4)11-25)10-24-26(16)15-6-5-13(9-23-15)19(20,21)22/h5-6,9-10,12H,7-8,11H2,1-4H3. The second kappa shape index (κ2) is 6.65. The molecular formula is C19H23F3N4O. The normalized spacial score (nSPS) is 17.0. The summed E-state index contributed by atoms with van der Waals surface area (Å²) in [6.45, 7) is 9.45. The van der Waals surface area contributed by atoms with Gasteiger partial charge in [0.05, 0.1) is 23.0 Å². The third-order valence-electron chi connectivity index (χ3n) is 4.84. The number of halogens is 3. The molecule has 0 radical (unpaired) electrons. The second-order valence-corrected chi connectivity index (χ2v) is 8.05. The van der Waals surface area contributed by atoms with Crippen molar-refractivity contribution in [2.45, 2.75) is 46.2 Å². The van der Waals surface area contributed by atoms with Gasteiger partial charge >= 0.3 is 6.18 Å². The van der Waals surface area contributed by atoms with E-state index in [4.69, 9.17) is 0 Å². The van der Waals surface area contributed by atoms with Crippen molar-refractivity contribution in [1.29, 1.82) is 0 Å². The fraction of sp³-hybridized carbons (Fsp3) is 0.526. The van der Waals surface area contributed by atoms with Crippen LogP contribution in [0.25, 0.3) is 5.82 Å². The highest BCUT2D eigenvalue weighted by Gasteiger charge is 2.35. The van der Waals surface area contributed by atoms with E-state index < -0.39 is 11.7 Å². The number of aromatic nitrogens is 3. The van der Waals surface area contributed by atoms with Gasteiger partial charge in [-0.15, -0.1) is 0 Å². The van der Waals surface area contributed by atoms with Gasteiger partial charge in [-0.1, -0.05) is 27.7 Å². The monoisotopic (exact) mass is 380 g/mol. The maximum atomic E-state index is 13.0. The lowest BCUT2D eigenvalue weighted by molar-refractivity contribution is -0.137. The molecule has 0 bridgehead atoms. The SMILES string of the molecule is CC(C)c1c(C(=O)N2CCC(C)(C)C2)cnn1-c1ccc(C(F)(F)F)cn1. The lowest BCUT2D eigenvalue weighted by Gasteiger charge is -2.20. The van der Waals surface area contributed by atoms with Crippen molar-refractivity contribution in [3.63, 3.8) is 0 Å². The number of alkyl halides is 3. The smallest absolute Gasteiger partial charge is 0.338 e. The first-order valence-electron chi connectivity index (χ1n) is 8.90. The van der Waals surface area contributed by atoms with E-state index in [1.807, 2.05) is 18.7 Å². The number of amides is 1. The van der Waals surface area contributed by atoms with E-state index in [-0.39, 0.29) is 23.1 Å². The molecule has 8 heteroatoms. The van der Waals surface area contributed by atoms with Crippen LogP contribution in [0.4, 0.5) is 13.2 Å². The number of carbonyl (C=O) groups excluding carboxylic acids is 1. The zero-order chi connectivity index (χ0) is 20.0. The summed E-state index contributed by atoms with van der Waals surface area (Å²) in [5.74, 6) is 0.112. The molecule has 0 aromatic carbocycles. The average molecular weight is 380 g/mol. The van der Waals surface area contributed by atoms with Gasteiger partial charge in [-0.25, -0.2) is 9.67 Å². The number of pyridine rings is 1. The van der Waals surface area contributed by atoms with E-state index in [1.165, 1.54) is 16.9 Å². The molecule has 1 aliphatic rings. The van der Waals surface area contributed by atoms with E-state index in [2.05, 4.69) is 23.9 Å². The zero-order valence-corrected chi connectivity index (χ0v) is 15.8. The van der Waals surface area contributed by atoms with Crippen LogP contribution < -0.4 is 0 Å². The molecule has 1 amide bonds. The Morgan fingerprint density at radius 3 is 2.41 bits per heavy atom. The molecular weight excluding hydrogens is 357 g/mol. The van der Waals surface area contributed by atoms with E-state index in [1.54, 1.807) is 0 Å². The first-order chi connectivity index (χ1) is 12.5. The van der Waals surface area contributed by atoms with Gasteiger partial charge in [0.25, 0.3) is 5.91 Å². The minimum atomic E-state index is -4.44. The molecule has 27 heavy (non-hydrogen) atoms. The van der Waals surface area contributed by atoms with Crippen LogP contribution in [0.3, 0.4) is 0 Å². The molecule has 0 spiro atoms. The fourth-order valence-corrected chi connectivity index (χ4v) is 3.40. The molecule has 5 nitrogen and oxygen atoms in total. The van der Waals surface area contributed by atoms with Crippen LogP contribution in [-0.4, -0.2) is 38.7 Å². The number of carbonyl (C=O) groups is 1. The molecule has 0 atom stereocenters. The third kappa shape index (κ3) is 3.84. The summed E-state index contributed by atoms with van der Waals surface area (Å²) in [6, 6.07) is 2.24. The van der Waals surface area contributed by atoms with Crippen LogP contribution in [0.1, 0.15) is 61.6 Å². The van der Waals surface area contributed by atoms with Crippen molar-refractivity contribution in [2.24, 2.45) is 5.41 Å². The molecule has 1 fully saturated rings. The lowest BCUT2D eigenvalue weighted by atomic mass is 9.93. The first-order valence-corrected chi connectivity index (χ1v) is 8.90. The average Bonchev–Trinajstić information content (AvgIpc) is 3.17. The summed E-state index contributed by atoms with van der Waals surface area (Å²) in [4.78, 5) is 18.7. The van der Waals surface area contributed by atoms with Crippen molar-refractivity contribution in [2.75, 3.05) is 13.1 Å². The topological polar surface area (TPSA) is 51.0 Å². The fourth-order valence-electron chi connectivity index (χ4n) is 3.40. The van der Waals surface area contributed by atoms with Crippen molar-refractivity contribution in [3.05, 3.63) is 41.3 Å². The van der Waals surface area contributed by atoms with Crippen LogP contribution in [-0.2, 0) is 6.18 Å². The van der Waals surface area contributed by atoms with E-state index >= 15 is 0 Å². The van der Waals surface area contributed by atoms with Gasteiger partial charge in [0, 0.05) is 19.3 Å². The highest BCUT2D eigenvalue weighted by atomic mass is 19.4. The number of hydrogen-bond acceptors (Lipinski definition) is 3. The largest absolute Gasteiger partial charge is 0.417 e. The maximum absolute atomic E-state index is 13.0. The first kappa shape index (κ1) is 19.4. The minimum Gasteiger partial charge on any atom is -0.338 e. The Balaban J connectivity index is 1.96. The van der Waals surface area contributed by atoms with E-state index in [0.29, 0.717) is 24.3 Å². The van der Waals surface area contributed by atoms with Crippen molar-refractivity contribution in [1.82, 2.24) is 19.7 Å². The minimum absolute atomic E-state index is 0.0499. The van der Waals surface area contributed by atoms with Gasteiger partial charge in [0.1, 0.15) is 0 Å². The van der Waals surface area contributed by atoms with Crippen molar-refractivity contribution in [3.8, 4) is 5.82 Å². The number of nitrogens with zero attached hydrogens (tertiary/aromatic N) is 4. The summed E-state index contributed by atoms with van der Waals surface area (Å²) in [5.41, 5.74) is 0.389. The Bertz CT molecular complexity index is 838. The van der Waals surface area contributed by atoms with Crippen molar-refractivity contribution < 1.29 is 18.0 Å². The molecule has 0 saturated carbocycles. The molecule has 3 heterocycles. The van der Waals surface area contributed by atoms with Crippen LogP contribution in [0, 0.1) is 5.41 Å². The number of rotatable bonds is 3. The summed E-state index contributed by atoms with van der Waals surface area (Å²) in [5, 5.41) is 4.25. The van der Waals surface area contributed by atoms with Crippen molar-refractivity contribution >= 4 is 5.91 Å². The Morgan fingerprint density at radius 1 is 1.22 bits per heavy atom. The summed E-state index contributed by atoms with van der Waals surface area (Å²) in [6.07, 6.45) is -1.24. The number of likely N-dealkylation sites (tertiary alicyclic amines) is 1. The Hall–Kier alpha value is -2.38. The Morgan fingerprint density at radius 2 is 1.93 bits per heavy atom. The van der Waals surface area contributed by atoms with E-state index in [9.17, 15) is 18.0 Å². The Labute approximate surface area is 156 Å². The predicted octanol–water partition coefficient (Wildman–Crippen LogP) is 4.28. The van der Waals surface area contributed by atoms with Gasteiger partial charge in [-0.05, 0) is 29.9 Å². The van der Waals surface area contributed by atoms with Gasteiger partial charge in [-0.2, -0.15) is 18.3 Å². The van der Waals surface area contributed by atoms with Crippen LogP contribution >= 0.6 is 0 Å².